The summed E-state index contributed by atoms with van der Waals surface area (Å²) in [5, 5.41) is 63.0. The Labute approximate surface area is 185 Å². The molecule has 172 valence electrons. The minimum atomic E-state index is -2.90. The Morgan fingerprint density at radius 2 is 1.79 bits per heavy atom. The lowest BCUT2D eigenvalue weighted by Gasteiger charge is -2.48. The van der Waals surface area contributed by atoms with Gasteiger partial charge in [-0.15, -0.1) is 0 Å². The molecule has 0 aromatic heterocycles. The quantitative estimate of drug-likeness (QED) is 0.228. The van der Waals surface area contributed by atoms with Crippen LogP contribution in [0.3, 0.4) is 0 Å². The molecule has 3 aliphatic rings. The zero-order chi connectivity index (χ0) is 24.4. The zero-order valence-electron chi connectivity index (χ0n) is 16.8. The number of ketones is 2. The minimum Gasteiger partial charge on any atom is -0.508 e. The van der Waals surface area contributed by atoms with E-state index in [0.29, 0.717) is 5.56 Å². The molecule has 1 aromatic carbocycles. The highest BCUT2D eigenvalue weighted by Crippen LogP contribution is 2.52. The van der Waals surface area contributed by atoms with Gasteiger partial charge in [0.25, 0.3) is 5.91 Å². The molecule has 8 N–H and O–H groups in total. The molecule has 1 saturated carbocycles. The van der Waals surface area contributed by atoms with Gasteiger partial charge in [0.05, 0.1) is 11.7 Å². The summed E-state index contributed by atoms with van der Waals surface area (Å²) in [6.07, 6.45) is -0.483. The van der Waals surface area contributed by atoms with Crippen LogP contribution in [0.25, 0.3) is 11.8 Å². The van der Waals surface area contributed by atoms with E-state index in [-0.39, 0.29) is 17.5 Å². The average molecular weight is 457 g/mol. The first kappa shape index (κ1) is 22.2. The summed E-state index contributed by atoms with van der Waals surface area (Å²) in [5.74, 6) is -10.1. The topological polar surface area (TPSA) is 216 Å². The lowest BCUT2D eigenvalue weighted by atomic mass is 9.58. The highest BCUT2D eigenvalue weighted by atomic mass is 16.4. The Kier molecular flexibility index (Phi) is 4.91. The maximum absolute atomic E-state index is 13.4. The van der Waals surface area contributed by atoms with Crippen LogP contribution in [0.5, 0.6) is 5.75 Å². The van der Waals surface area contributed by atoms with Crippen molar-refractivity contribution in [3.8, 4) is 5.75 Å². The van der Waals surface area contributed by atoms with Gasteiger partial charge in [-0.2, -0.15) is 0 Å². The van der Waals surface area contributed by atoms with Gasteiger partial charge < -0.3 is 36.4 Å². The molecule has 1 aromatic rings. The van der Waals surface area contributed by atoms with E-state index in [0.717, 1.165) is 12.2 Å². The van der Waals surface area contributed by atoms with Crippen molar-refractivity contribution < 1.29 is 49.8 Å². The van der Waals surface area contributed by atoms with Crippen LogP contribution in [0, 0.1) is 11.8 Å². The summed E-state index contributed by atoms with van der Waals surface area (Å²) in [7, 11) is 0. The number of phenolic OH excluding ortho intramolecular Hbond substituents is 1. The largest absolute Gasteiger partial charge is 0.508 e. The maximum atomic E-state index is 13.4. The number of carbonyl (C=O) groups excluding carboxylic acids is 3. The number of carboxylic acid groups (broad SMARTS) is 1. The number of carboxylic acids is 1. The molecular weight excluding hydrogens is 438 g/mol. The van der Waals surface area contributed by atoms with Gasteiger partial charge in [-0.05, 0) is 18.1 Å². The van der Waals surface area contributed by atoms with Crippen molar-refractivity contribution in [2.45, 2.75) is 24.5 Å². The molecule has 0 saturated heterocycles. The number of aliphatic carboxylic acids is 1. The molecule has 11 nitrogen and oxygen atoms in total. The van der Waals surface area contributed by atoms with Gasteiger partial charge in [0.15, 0.2) is 11.4 Å². The third-order valence-corrected chi connectivity index (χ3v) is 6.48. The number of nitrogens with two attached hydrogens (primary N) is 1. The van der Waals surface area contributed by atoms with Crippen molar-refractivity contribution >= 4 is 35.3 Å². The normalized spacial score (nSPS) is 29.1. The van der Waals surface area contributed by atoms with Crippen LogP contribution in [0.1, 0.15) is 23.1 Å². The fourth-order valence-electron chi connectivity index (χ4n) is 4.93. The van der Waals surface area contributed by atoms with Crippen LogP contribution < -0.4 is 5.73 Å². The van der Waals surface area contributed by atoms with E-state index in [1.54, 1.807) is 0 Å². The highest BCUT2D eigenvalue weighted by molar-refractivity contribution is 6.22. The first-order chi connectivity index (χ1) is 15.4. The number of Topliss-reactive ketones (excluding diaryl/α,β-unsaturated/α-hetero) is 2. The summed E-state index contributed by atoms with van der Waals surface area (Å²) in [6, 6.07) is 2.85. The number of aromatic hydroxyl groups is 1. The Bertz CT molecular complexity index is 1240. The Balaban J connectivity index is 1.93. The summed E-state index contributed by atoms with van der Waals surface area (Å²) in [4.78, 5) is 48.1. The van der Waals surface area contributed by atoms with Crippen molar-refractivity contribution in [2.75, 3.05) is 0 Å². The van der Waals surface area contributed by atoms with Gasteiger partial charge in [0.2, 0.25) is 5.78 Å². The van der Waals surface area contributed by atoms with E-state index < -0.39 is 81.8 Å². The van der Waals surface area contributed by atoms with Gasteiger partial charge in [-0.3, -0.25) is 14.4 Å². The number of aliphatic hydroxyl groups is 4. The third kappa shape index (κ3) is 2.97. The molecule has 0 aliphatic heterocycles. The van der Waals surface area contributed by atoms with Crippen molar-refractivity contribution in [3.63, 3.8) is 0 Å². The first-order valence-corrected chi connectivity index (χ1v) is 9.82. The van der Waals surface area contributed by atoms with Crippen LogP contribution in [-0.2, 0) is 25.6 Å². The number of hydrogen-bond acceptors (Lipinski definition) is 9. The van der Waals surface area contributed by atoms with E-state index in [2.05, 4.69) is 0 Å². The second-order valence-corrected chi connectivity index (χ2v) is 8.19. The van der Waals surface area contributed by atoms with Crippen molar-refractivity contribution in [1.82, 2.24) is 0 Å². The van der Waals surface area contributed by atoms with E-state index in [4.69, 9.17) is 10.8 Å². The molecule has 0 heterocycles. The van der Waals surface area contributed by atoms with E-state index >= 15 is 0 Å². The van der Waals surface area contributed by atoms with E-state index in [1.165, 1.54) is 12.1 Å². The second kappa shape index (κ2) is 7.29. The van der Waals surface area contributed by atoms with Gasteiger partial charge in [-0.25, -0.2) is 4.79 Å². The number of primary amides is 1. The number of benzene rings is 1. The predicted octanol–water partition coefficient (Wildman–Crippen LogP) is -0.508. The zero-order valence-corrected chi connectivity index (χ0v) is 16.8. The minimum absolute atomic E-state index is 0.0177. The number of carbonyl (C=O) groups is 4. The maximum Gasteiger partial charge on any atom is 0.328 e. The Hall–Kier alpha value is -3.96. The summed E-state index contributed by atoms with van der Waals surface area (Å²) >= 11 is 0. The molecule has 1 amide bonds. The average Bonchev–Trinajstić information content (AvgIpc) is 2.73. The highest BCUT2D eigenvalue weighted by Gasteiger charge is 2.63. The Morgan fingerprint density at radius 3 is 2.39 bits per heavy atom. The van der Waals surface area contributed by atoms with Crippen LogP contribution in [0.4, 0.5) is 0 Å². The smallest absolute Gasteiger partial charge is 0.328 e. The van der Waals surface area contributed by atoms with E-state index in [1.807, 2.05) is 0 Å². The van der Waals surface area contributed by atoms with Crippen LogP contribution in [0.2, 0.25) is 0 Å². The number of amides is 1. The molecule has 0 radical (unpaired) electrons. The van der Waals surface area contributed by atoms with E-state index in [9.17, 15) is 44.7 Å². The fraction of sp³-hybridized carbons (Fsp3) is 0.273. The molecule has 0 spiro atoms. The second-order valence-electron chi connectivity index (χ2n) is 8.19. The summed E-state index contributed by atoms with van der Waals surface area (Å²) in [5.41, 5.74) is 0.877. The molecule has 33 heavy (non-hydrogen) atoms. The summed E-state index contributed by atoms with van der Waals surface area (Å²) in [6.45, 7) is 0. The molecule has 11 heteroatoms. The van der Waals surface area contributed by atoms with Crippen LogP contribution in [0.15, 0.2) is 35.1 Å². The number of aliphatic hydroxyl groups excluding tert-OH is 3. The Morgan fingerprint density at radius 1 is 1.12 bits per heavy atom. The number of phenols is 1. The molecule has 4 rings (SSSR count). The molecule has 0 bridgehead atoms. The predicted molar refractivity (Wildman–Crippen MR) is 109 cm³/mol. The number of rotatable bonds is 3. The van der Waals surface area contributed by atoms with Crippen LogP contribution in [-0.4, -0.2) is 65.8 Å². The number of hydrogen-bond donors (Lipinski definition) is 7. The van der Waals surface area contributed by atoms with Gasteiger partial charge in [0.1, 0.15) is 22.8 Å². The standard InChI is InChI=1S/C22H19NO10/c23-21(32)15-11(24)6-10-17(28)9-5-8-2-1-7(3-4-12(25)26)16(27)13(8)18(29)14(9)19(30)22(10,33)20(15)31/h1-4,9-10,17,27-29,31,33H,5-6H2,(H2,23,32)(H,25,26)/b4-3+/t9-,10-,17+,22+/m1/s1. The summed E-state index contributed by atoms with van der Waals surface area (Å²) < 4.78 is 0. The van der Waals surface area contributed by atoms with Crippen molar-refractivity contribution in [2.24, 2.45) is 17.6 Å². The monoisotopic (exact) mass is 457 g/mol. The molecule has 1 fully saturated rings. The van der Waals surface area contributed by atoms with Crippen LogP contribution >= 0.6 is 0 Å². The molecule has 0 unspecified atom stereocenters. The van der Waals surface area contributed by atoms with Crippen molar-refractivity contribution in [1.29, 1.82) is 0 Å². The lowest BCUT2D eigenvalue weighted by molar-refractivity contribution is -0.159. The van der Waals surface area contributed by atoms with Gasteiger partial charge >= 0.3 is 5.97 Å². The molecular formula is C22H19NO10. The SMILES string of the molecule is NC(=O)C1=C(O)[C@@]2(O)C(=O)C3=C(O)c4c(ccc(/C=C/C(=O)O)c4O)C[C@H]3[C@H](O)[C@H]2CC1=O. The van der Waals surface area contributed by atoms with Gasteiger partial charge in [-0.1, -0.05) is 12.1 Å². The van der Waals surface area contributed by atoms with Gasteiger partial charge in [0, 0.05) is 35.5 Å². The lowest BCUT2D eigenvalue weighted by Crippen LogP contribution is -2.63. The first-order valence-electron chi connectivity index (χ1n) is 9.82. The third-order valence-electron chi connectivity index (χ3n) is 6.48. The van der Waals surface area contributed by atoms with Crippen molar-refractivity contribution in [3.05, 3.63) is 51.8 Å². The molecule has 4 atom stereocenters. The number of fused-ring (bicyclic) bond motifs is 3. The fourth-order valence-corrected chi connectivity index (χ4v) is 4.93. The molecule has 3 aliphatic carbocycles.